The summed E-state index contributed by atoms with van der Waals surface area (Å²) in [5.41, 5.74) is 3.50. The lowest BCUT2D eigenvalue weighted by atomic mass is 10.1. The molecule has 5 nitrogen and oxygen atoms in total. The fourth-order valence-corrected chi connectivity index (χ4v) is 3.07. The molecule has 2 rings (SSSR count). The van der Waals surface area contributed by atoms with Crippen LogP contribution in [0.15, 0.2) is 29.3 Å². The highest BCUT2D eigenvalue weighted by molar-refractivity contribution is 14.0. The molecule has 0 fully saturated rings. The minimum absolute atomic E-state index is 0. The molecule has 0 aliphatic carbocycles. The van der Waals surface area contributed by atoms with E-state index in [1.165, 1.54) is 16.0 Å². The Morgan fingerprint density at radius 3 is 2.27 bits per heavy atom. The van der Waals surface area contributed by atoms with E-state index < -0.39 is 0 Å². The molecule has 0 saturated heterocycles. The number of nitrogens with one attached hydrogen (secondary N) is 2. The molecule has 2 aromatic rings. The fourth-order valence-electron chi connectivity index (χ4n) is 2.20. The summed E-state index contributed by atoms with van der Waals surface area (Å²) in [4.78, 5) is 10.1. The molecule has 2 N–H and O–H groups in total. The van der Waals surface area contributed by atoms with Gasteiger partial charge in [0.2, 0.25) is 0 Å². The van der Waals surface area contributed by atoms with E-state index in [-0.39, 0.29) is 30.1 Å². The molecule has 1 aromatic carbocycles. The van der Waals surface area contributed by atoms with Gasteiger partial charge in [0, 0.05) is 18.5 Å². The van der Waals surface area contributed by atoms with Gasteiger partial charge in [0.25, 0.3) is 0 Å². The van der Waals surface area contributed by atoms with Crippen molar-refractivity contribution in [3.63, 3.8) is 0 Å². The fraction of sp³-hybridized carbons (Fsp3) is 0.474. The van der Waals surface area contributed by atoms with Crippen LogP contribution in [0.1, 0.15) is 40.6 Å². The predicted molar refractivity (Wildman–Crippen MR) is 120 cm³/mol. The summed E-state index contributed by atoms with van der Waals surface area (Å²) in [6.07, 6.45) is 0.251. The van der Waals surface area contributed by atoms with Gasteiger partial charge in [-0.05, 0) is 38.8 Å². The molecule has 0 bridgehead atoms. The van der Waals surface area contributed by atoms with Gasteiger partial charge in [-0.1, -0.05) is 24.3 Å². The molecule has 1 aromatic heterocycles. The van der Waals surface area contributed by atoms with Crippen molar-refractivity contribution in [1.29, 1.82) is 0 Å². The number of aliphatic imine (C=N–C) groups is 1. The predicted octanol–water partition coefficient (Wildman–Crippen LogP) is 4.17. The monoisotopic (exact) mass is 488 g/mol. The van der Waals surface area contributed by atoms with Gasteiger partial charge in [0.1, 0.15) is 5.01 Å². The summed E-state index contributed by atoms with van der Waals surface area (Å²) < 4.78 is 5.62. The van der Waals surface area contributed by atoms with Crippen molar-refractivity contribution in [1.82, 2.24) is 15.6 Å². The standard InChI is InChI=1S/C19H28N4OS.HI/c1-13(2)24-12-17-8-6-16(7-9-17)10-21-19(20-5)22-11-18-23-14(3)15(4)25-18;/h6-9,13H,10-12H2,1-5H3,(H2,20,21,22);1H. The number of ether oxygens (including phenoxy) is 1. The van der Waals surface area contributed by atoms with Crippen LogP contribution in [0.3, 0.4) is 0 Å². The zero-order chi connectivity index (χ0) is 18.2. The molecule has 0 spiro atoms. The number of nitrogens with zero attached hydrogens (tertiary/aromatic N) is 2. The lowest BCUT2D eigenvalue weighted by Gasteiger charge is -2.12. The second-order valence-corrected chi connectivity index (χ2v) is 7.49. The average molecular weight is 488 g/mol. The van der Waals surface area contributed by atoms with Gasteiger partial charge >= 0.3 is 0 Å². The zero-order valence-electron chi connectivity index (χ0n) is 16.1. The van der Waals surface area contributed by atoms with E-state index in [0.29, 0.717) is 13.2 Å². The van der Waals surface area contributed by atoms with E-state index in [1.54, 1.807) is 18.4 Å². The third-order valence-corrected chi connectivity index (χ3v) is 4.84. The van der Waals surface area contributed by atoms with Gasteiger partial charge in [-0.3, -0.25) is 4.99 Å². The molecule has 7 heteroatoms. The van der Waals surface area contributed by atoms with E-state index in [1.807, 2.05) is 20.8 Å². The molecule has 0 unspecified atom stereocenters. The van der Waals surface area contributed by atoms with E-state index in [9.17, 15) is 0 Å². The van der Waals surface area contributed by atoms with Gasteiger partial charge in [-0.15, -0.1) is 35.3 Å². The molecule has 0 amide bonds. The van der Waals surface area contributed by atoms with Gasteiger partial charge < -0.3 is 15.4 Å². The molecule has 0 atom stereocenters. The van der Waals surface area contributed by atoms with Crippen molar-refractivity contribution in [3.05, 3.63) is 51.0 Å². The number of benzene rings is 1. The molecule has 26 heavy (non-hydrogen) atoms. The van der Waals surface area contributed by atoms with Crippen molar-refractivity contribution in [3.8, 4) is 0 Å². The first-order valence-corrected chi connectivity index (χ1v) is 9.36. The Morgan fingerprint density at radius 2 is 1.73 bits per heavy atom. The quantitative estimate of drug-likeness (QED) is 0.349. The third-order valence-electron chi connectivity index (χ3n) is 3.77. The number of guanidine groups is 1. The number of aryl methyl sites for hydroxylation is 2. The SMILES string of the molecule is CN=C(NCc1ccc(COC(C)C)cc1)NCc1nc(C)c(C)s1.I. The number of rotatable bonds is 7. The van der Waals surface area contributed by atoms with E-state index in [2.05, 4.69) is 51.8 Å². The van der Waals surface area contributed by atoms with E-state index in [4.69, 9.17) is 4.74 Å². The van der Waals surface area contributed by atoms with Gasteiger partial charge in [0.15, 0.2) is 5.96 Å². The Kier molecular flexibility index (Phi) is 10.1. The van der Waals surface area contributed by atoms with Crippen LogP contribution in [0.25, 0.3) is 0 Å². The summed E-state index contributed by atoms with van der Waals surface area (Å²) in [5.74, 6) is 0.776. The molecular weight excluding hydrogens is 459 g/mol. The Morgan fingerprint density at radius 1 is 1.12 bits per heavy atom. The van der Waals surface area contributed by atoms with Gasteiger partial charge in [-0.25, -0.2) is 4.98 Å². The van der Waals surface area contributed by atoms with Gasteiger partial charge in [-0.2, -0.15) is 0 Å². The molecule has 144 valence electrons. The first-order chi connectivity index (χ1) is 12.0. The van der Waals surface area contributed by atoms with Crippen LogP contribution < -0.4 is 10.6 Å². The van der Waals surface area contributed by atoms with Crippen LogP contribution in [0.5, 0.6) is 0 Å². The van der Waals surface area contributed by atoms with Crippen LogP contribution in [0.4, 0.5) is 0 Å². The summed E-state index contributed by atoms with van der Waals surface area (Å²) >= 11 is 1.72. The summed E-state index contributed by atoms with van der Waals surface area (Å²) in [5, 5.41) is 7.72. The van der Waals surface area contributed by atoms with Crippen molar-refractivity contribution in [2.24, 2.45) is 4.99 Å². The van der Waals surface area contributed by atoms with Gasteiger partial charge in [0.05, 0.1) is 24.9 Å². The summed E-state index contributed by atoms with van der Waals surface area (Å²) in [6, 6.07) is 8.45. The van der Waals surface area contributed by atoms with Crippen molar-refractivity contribution < 1.29 is 4.74 Å². The molecule has 0 aliphatic rings. The first-order valence-electron chi connectivity index (χ1n) is 8.54. The zero-order valence-corrected chi connectivity index (χ0v) is 19.3. The molecule has 0 aliphatic heterocycles. The average Bonchev–Trinajstić information content (AvgIpc) is 2.92. The lowest BCUT2D eigenvalue weighted by molar-refractivity contribution is 0.0657. The number of hydrogen-bond acceptors (Lipinski definition) is 4. The number of aromatic nitrogens is 1. The maximum Gasteiger partial charge on any atom is 0.191 e. The van der Waals surface area contributed by atoms with E-state index >= 15 is 0 Å². The highest BCUT2D eigenvalue weighted by Crippen LogP contribution is 2.15. The Balaban J connectivity index is 0.00000338. The van der Waals surface area contributed by atoms with Crippen LogP contribution >= 0.6 is 35.3 Å². The third kappa shape index (κ3) is 7.59. The second-order valence-electron chi connectivity index (χ2n) is 6.20. The maximum absolute atomic E-state index is 5.62. The summed E-state index contributed by atoms with van der Waals surface area (Å²) in [6.45, 7) is 10.3. The minimum Gasteiger partial charge on any atom is -0.374 e. The van der Waals surface area contributed by atoms with E-state index in [0.717, 1.165) is 23.2 Å². The van der Waals surface area contributed by atoms with Crippen LogP contribution in [-0.2, 0) is 24.4 Å². The largest absolute Gasteiger partial charge is 0.374 e. The van der Waals surface area contributed by atoms with Crippen LogP contribution in [0.2, 0.25) is 0 Å². The number of halogens is 1. The maximum atomic E-state index is 5.62. The summed E-state index contributed by atoms with van der Waals surface area (Å²) in [7, 11) is 1.78. The molecule has 0 saturated carbocycles. The topological polar surface area (TPSA) is 58.5 Å². The molecule has 1 heterocycles. The second kappa shape index (κ2) is 11.5. The van der Waals surface area contributed by atoms with Crippen molar-refractivity contribution in [2.75, 3.05) is 7.05 Å². The van der Waals surface area contributed by atoms with Crippen LogP contribution in [-0.4, -0.2) is 24.1 Å². The lowest BCUT2D eigenvalue weighted by Crippen LogP contribution is -2.36. The minimum atomic E-state index is 0. The normalized spacial score (nSPS) is 11.4. The van der Waals surface area contributed by atoms with Crippen molar-refractivity contribution >= 4 is 41.3 Å². The smallest absolute Gasteiger partial charge is 0.191 e. The highest BCUT2D eigenvalue weighted by atomic mass is 127. The van der Waals surface area contributed by atoms with Crippen molar-refractivity contribution in [2.45, 2.75) is 53.5 Å². The Labute approximate surface area is 177 Å². The number of hydrogen-bond donors (Lipinski definition) is 2. The number of thiazole rings is 1. The molecular formula is C19H29IN4OS. The van der Waals surface area contributed by atoms with Crippen LogP contribution in [0, 0.1) is 13.8 Å². The Hall–Kier alpha value is -1.19. The Bertz CT molecular complexity index is 679. The molecule has 0 radical (unpaired) electrons. The first kappa shape index (κ1) is 22.9. The highest BCUT2D eigenvalue weighted by Gasteiger charge is 2.05.